The van der Waals surface area contributed by atoms with Gasteiger partial charge in [-0.25, -0.2) is 8.42 Å². The van der Waals surface area contributed by atoms with Gasteiger partial charge in [-0.05, 0) is 62.9 Å². The number of carbonyl (C=O) groups excluding carboxylic acids is 2. The number of aryl methyl sites for hydroxylation is 1. The lowest BCUT2D eigenvalue weighted by Crippen LogP contribution is -2.55. The molecule has 2 aromatic rings. The summed E-state index contributed by atoms with van der Waals surface area (Å²) in [5, 5.41) is 3.51. The summed E-state index contributed by atoms with van der Waals surface area (Å²) in [4.78, 5) is 28.4. The van der Waals surface area contributed by atoms with Gasteiger partial charge in [0, 0.05) is 17.1 Å². The summed E-state index contributed by atoms with van der Waals surface area (Å²) < 4.78 is 26.7. The van der Waals surface area contributed by atoms with Crippen LogP contribution >= 0.6 is 11.6 Å². The van der Waals surface area contributed by atoms with Gasteiger partial charge in [0.15, 0.2) is 0 Å². The number of nitrogens with zero attached hydrogens (tertiary/aromatic N) is 2. The van der Waals surface area contributed by atoms with E-state index in [0.717, 1.165) is 21.7 Å². The molecule has 9 heteroatoms. The molecule has 0 saturated carbocycles. The molecule has 0 heterocycles. The molecule has 192 valence electrons. The van der Waals surface area contributed by atoms with Gasteiger partial charge in [-0.2, -0.15) is 0 Å². The summed E-state index contributed by atoms with van der Waals surface area (Å²) in [6, 6.07) is 13.4. The van der Waals surface area contributed by atoms with Gasteiger partial charge in [0.25, 0.3) is 0 Å². The summed E-state index contributed by atoms with van der Waals surface area (Å²) in [7, 11) is -3.77. The predicted octanol–water partition coefficient (Wildman–Crippen LogP) is 4.39. The van der Waals surface area contributed by atoms with Crippen LogP contribution < -0.4 is 9.62 Å². The molecule has 35 heavy (non-hydrogen) atoms. The average molecular weight is 522 g/mol. The molecular formula is C26H36ClN3O4S. The van der Waals surface area contributed by atoms with Crippen LogP contribution in [0.3, 0.4) is 0 Å². The van der Waals surface area contributed by atoms with Crippen molar-refractivity contribution in [3.63, 3.8) is 0 Å². The minimum absolute atomic E-state index is 0.138. The van der Waals surface area contributed by atoms with Gasteiger partial charge in [-0.1, -0.05) is 55.8 Å². The minimum Gasteiger partial charge on any atom is -0.350 e. The molecule has 0 aliphatic rings. The summed E-state index contributed by atoms with van der Waals surface area (Å²) in [5.74, 6) is -0.755. The lowest BCUT2D eigenvalue weighted by Gasteiger charge is -2.34. The van der Waals surface area contributed by atoms with Crippen molar-refractivity contribution >= 4 is 39.1 Å². The molecule has 0 fully saturated rings. The summed E-state index contributed by atoms with van der Waals surface area (Å²) in [6.45, 7) is 9.09. The first-order valence-corrected chi connectivity index (χ1v) is 13.9. The van der Waals surface area contributed by atoms with Gasteiger partial charge >= 0.3 is 0 Å². The molecule has 1 N–H and O–H groups in total. The zero-order valence-electron chi connectivity index (χ0n) is 21.3. The lowest BCUT2D eigenvalue weighted by molar-refractivity contribution is -0.141. The van der Waals surface area contributed by atoms with Gasteiger partial charge in [-0.15, -0.1) is 0 Å². The smallest absolute Gasteiger partial charge is 0.244 e. The molecule has 0 aliphatic carbocycles. The summed E-state index contributed by atoms with van der Waals surface area (Å²) in [5.41, 5.74) is 1.57. The number of nitrogens with one attached hydrogen (secondary N) is 1. The largest absolute Gasteiger partial charge is 0.350 e. The second-order valence-corrected chi connectivity index (χ2v) is 11.9. The van der Waals surface area contributed by atoms with Crippen LogP contribution in [0.4, 0.5) is 5.69 Å². The Morgan fingerprint density at radius 3 is 2.14 bits per heavy atom. The highest BCUT2D eigenvalue weighted by molar-refractivity contribution is 7.92. The van der Waals surface area contributed by atoms with Crippen LogP contribution in [0.2, 0.25) is 5.02 Å². The fourth-order valence-corrected chi connectivity index (χ4v) is 4.81. The van der Waals surface area contributed by atoms with Crippen LogP contribution in [0, 0.1) is 0 Å². The van der Waals surface area contributed by atoms with E-state index in [1.54, 1.807) is 36.4 Å². The SMILES string of the molecule is CCc1ccccc1N(CC(=O)N(Cc1ccc(Cl)cc1)[C@H](CC)C(=O)NC(C)(C)C)S(C)(=O)=O. The Kier molecular flexibility index (Phi) is 9.75. The Morgan fingerprint density at radius 1 is 1.03 bits per heavy atom. The second-order valence-electron chi connectivity index (χ2n) is 9.56. The Balaban J connectivity index is 2.48. The molecular weight excluding hydrogens is 486 g/mol. The Hall–Kier alpha value is -2.58. The molecule has 0 aliphatic heterocycles. The third-order valence-corrected chi connectivity index (χ3v) is 6.85. The van der Waals surface area contributed by atoms with E-state index in [9.17, 15) is 18.0 Å². The third-order valence-electron chi connectivity index (χ3n) is 5.47. The monoisotopic (exact) mass is 521 g/mol. The van der Waals surface area contributed by atoms with E-state index in [1.165, 1.54) is 4.90 Å². The highest BCUT2D eigenvalue weighted by atomic mass is 35.5. The van der Waals surface area contributed by atoms with Crippen LogP contribution in [0.25, 0.3) is 0 Å². The highest BCUT2D eigenvalue weighted by Gasteiger charge is 2.33. The van der Waals surface area contributed by atoms with Gasteiger partial charge in [-0.3, -0.25) is 13.9 Å². The minimum atomic E-state index is -3.77. The molecule has 0 spiro atoms. The van der Waals surface area contributed by atoms with Crippen molar-refractivity contribution in [3.05, 3.63) is 64.7 Å². The highest BCUT2D eigenvalue weighted by Crippen LogP contribution is 2.24. The number of rotatable bonds is 10. The van der Waals surface area contributed by atoms with Crippen molar-refractivity contribution in [2.75, 3.05) is 17.1 Å². The fraction of sp³-hybridized carbons (Fsp3) is 0.462. The van der Waals surface area contributed by atoms with Crippen LogP contribution in [0.5, 0.6) is 0 Å². The van der Waals surface area contributed by atoms with Crippen molar-refractivity contribution < 1.29 is 18.0 Å². The van der Waals surface area contributed by atoms with Crippen molar-refractivity contribution in [1.29, 1.82) is 0 Å². The first-order valence-electron chi connectivity index (χ1n) is 11.7. The van der Waals surface area contributed by atoms with Gasteiger partial charge < -0.3 is 10.2 Å². The Bertz CT molecular complexity index is 1130. The van der Waals surface area contributed by atoms with E-state index in [4.69, 9.17) is 11.6 Å². The number of halogens is 1. The van der Waals surface area contributed by atoms with E-state index in [-0.39, 0.29) is 12.5 Å². The van der Waals surface area contributed by atoms with E-state index >= 15 is 0 Å². The van der Waals surface area contributed by atoms with Crippen molar-refractivity contribution in [2.24, 2.45) is 0 Å². The maximum atomic E-state index is 13.7. The maximum Gasteiger partial charge on any atom is 0.244 e. The quantitative estimate of drug-likeness (QED) is 0.502. The van der Waals surface area contributed by atoms with Gasteiger partial charge in [0.2, 0.25) is 21.8 Å². The van der Waals surface area contributed by atoms with Crippen LogP contribution in [0.15, 0.2) is 48.5 Å². The normalized spacial score (nSPS) is 12.7. The zero-order chi connectivity index (χ0) is 26.4. The standard InChI is InChI=1S/C26H36ClN3O4S/c1-7-20-11-9-10-12-23(20)30(35(6,33)34)18-24(31)29(17-19-13-15-21(27)16-14-19)22(8-2)25(32)28-26(3,4)5/h9-16,22H,7-8,17-18H2,1-6H3,(H,28,32)/t22-/m1/s1. The molecule has 7 nitrogen and oxygen atoms in total. The van der Waals surface area contributed by atoms with Crippen molar-refractivity contribution in [2.45, 2.75) is 65.6 Å². The number of sulfonamides is 1. The summed E-state index contributed by atoms with van der Waals surface area (Å²) >= 11 is 6.02. The van der Waals surface area contributed by atoms with E-state index < -0.39 is 34.1 Å². The molecule has 0 aromatic heterocycles. The molecule has 1 atom stereocenters. The maximum absolute atomic E-state index is 13.7. The molecule has 2 rings (SSSR count). The first kappa shape index (κ1) is 28.7. The average Bonchev–Trinajstić information content (AvgIpc) is 2.76. The number of amides is 2. The van der Waals surface area contributed by atoms with Crippen LogP contribution in [-0.2, 0) is 32.6 Å². The lowest BCUT2D eigenvalue weighted by atomic mass is 10.1. The fourth-order valence-electron chi connectivity index (χ4n) is 3.81. The molecule has 0 saturated heterocycles. The zero-order valence-corrected chi connectivity index (χ0v) is 22.9. The molecule has 2 amide bonds. The molecule has 0 radical (unpaired) electrons. The summed E-state index contributed by atoms with van der Waals surface area (Å²) in [6.07, 6.45) is 2.06. The Labute approximate surface area is 214 Å². The number of hydrogen-bond acceptors (Lipinski definition) is 4. The molecule has 0 unspecified atom stereocenters. The number of carbonyl (C=O) groups is 2. The second kappa shape index (κ2) is 11.9. The Morgan fingerprint density at radius 2 is 1.63 bits per heavy atom. The topological polar surface area (TPSA) is 86.8 Å². The van der Waals surface area contributed by atoms with Crippen LogP contribution in [0.1, 0.15) is 52.2 Å². The first-order chi connectivity index (χ1) is 16.3. The molecule has 2 aromatic carbocycles. The van der Waals surface area contributed by atoms with Gasteiger partial charge in [0.1, 0.15) is 12.6 Å². The number of anilines is 1. The number of hydrogen-bond donors (Lipinski definition) is 1. The van der Waals surface area contributed by atoms with Crippen LogP contribution in [-0.4, -0.2) is 49.5 Å². The van der Waals surface area contributed by atoms with Crippen molar-refractivity contribution in [3.8, 4) is 0 Å². The van der Waals surface area contributed by atoms with Crippen molar-refractivity contribution in [1.82, 2.24) is 10.2 Å². The van der Waals surface area contributed by atoms with E-state index in [0.29, 0.717) is 23.6 Å². The number of para-hydroxylation sites is 1. The number of benzene rings is 2. The van der Waals surface area contributed by atoms with E-state index in [2.05, 4.69) is 5.32 Å². The molecule has 0 bridgehead atoms. The predicted molar refractivity (Wildman–Crippen MR) is 142 cm³/mol. The van der Waals surface area contributed by atoms with E-state index in [1.807, 2.05) is 46.8 Å². The van der Waals surface area contributed by atoms with Gasteiger partial charge in [0.05, 0.1) is 11.9 Å². The third kappa shape index (κ3) is 8.25.